The van der Waals surface area contributed by atoms with Gasteiger partial charge in [-0.05, 0) is 37.1 Å². The van der Waals surface area contributed by atoms with Gasteiger partial charge in [-0.25, -0.2) is 4.98 Å². The molecule has 0 radical (unpaired) electrons. The van der Waals surface area contributed by atoms with Crippen LogP contribution >= 0.6 is 0 Å². The van der Waals surface area contributed by atoms with Gasteiger partial charge in [0.1, 0.15) is 5.69 Å². The van der Waals surface area contributed by atoms with Gasteiger partial charge < -0.3 is 14.8 Å². The molecule has 3 aromatic rings. The summed E-state index contributed by atoms with van der Waals surface area (Å²) in [7, 11) is 1.47. The minimum absolute atomic E-state index is 0.118. The van der Waals surface area contributed by atoms with Gasteiger partial charge in [-0.2, -0.15) is 0 Å². The lowest BCUT2D eigenvalue weighted by molar-refractivity contribution is -0.384. The number of hydrogen-bond donors (Lipinski definition) is 1. The minimum Gasteiger partial charge on any atom is -0.332 e. The largest absolute Gasteiger partial charge is 0.332 e. The van der Waals surface area contributed by atoms with Gasteiger partial charge >= 0.3 is 0 Å². The Hall–Kier alpha value is -4.01. The van der Waals surface area contributed by atoms with Crippen molar-refractivity contribution in [1.29, 1.82) is 0 Å². The van der Waals surface area contributed by atoms with Crippen molar-refractivity contribution in [2.24, 2.45) is 0 Å². The van der Waals surface area contributed by atoms with Crippen molar-refractivity contribution in [3.05, 3.63) is 81.9 Å². The number of benzene rings is 2. The van der Waals surface area contributed by atoms with Crippen molar-refractivity contribution >= 4 is 23.2 Å². The highest BCUT2D eigenvalue weighted by molar-refractivity contribution is 6.00. The average molecular weight is 407 g/mol. The molecule has 0 bridgehead atoms. The summed E-state index contributed by atoms with van der Waals surface area (Å²) < 4.78 is 1.49. The molecule has 9 heteroatoms. The molecular weight excluding hydrogens is 386 g/mol. The number of carbonyl (C=O) groups excluding carboxylic acids is 2. The summed E-state index contributed by atoms with van der Waals surface area (Å²) in [5.74, 6) is -0.847. The lowest BCUT2D eigenvalue weighted by atomic mass is 10.1. The minimum atomic E-state index is -0.556. The Morgan fingerprint density at radius 1 is 1.20 bits per heavy atom. The number of amides is 2. The molecule has 9 nitrogen and oxygen atoms in total. The molecule has 0 aliphatic heterocycles. The summed E-state index contributed by atoms with van der Waals surface area (Å²) >= 11 is 0. The number of imidazole rings is 1. The molecule has 2 aromatic carbocycles. The van der Waals surface area contributed by atoms with Gasteiger partial charge in [0, 0.05) is 36.8 Å². The molecule has 0 fully saturated rings. The molecule has 3 rings (SSSR count). The number of likely N-dealkylation sites (N-methyl/N-ethyl adjacent to an activating group) is 1. The summed E-state index contributed by atoms with van der Waals surface area (Å²) in [5.41, 5.74) is 2.74. The Labute approximate surface area is 173 Å². The third kappa shape index (κ3) is 4.35. The Morgan fingerprint density at radius 2 is 1.90 bits per heavy atom. The van der Waals surface area contributed by atoms with Crippen LogP contribution in [0, 0.1) is 24.0 Å². The van der Waals surface area contributed by atoms with Gasteiger partial charge in [0.2, 0.25) is 5.91 Å². The molecule has 0 aliphatic carbocycles. The van der Waals surface area contributed by atoms with E-state index in [1.807, 2.05) is 32.0 Å². The molecule has 1 heterocycles. The molecule has 1 N–H and O–H groups in total. The molecule has 154 valence electrons. The quantitative estimate of drug-likeness (QED) is 0.499. The second kappa shape index (κ2) is 8.56. The van der Waals surface area contributed by atoms with E-state index in [2.05, 4.69) is 10.3 Å². The summed E-state index contributed by atoms with van der Waals surface area (Å²) in [4.78, 5) is 41.2. The van der Waals surface area contributed by atoms with Crippen LogP contribution in [0.15, 0.2) is 55.1 Å². The van der Waals surface area contributed by atoms with Crippen molar-refractivity contribution in [2.45, 2.75) is 13.8 Å². The molecule has 2 amide bonds. The van der Waals surface area contributed by atoms with E-state index in [4.69, 9.17) is 0 Å². The van der Waals surface area contributed by atoms with E-state index in [0.717, 1.165) is 11.1 Å². The zero-order chi connectivity index (χ0) is 21.8. The Bertz CT molecular complexity index is 1090. The van der Waals surface area contributed by atoms with Crippen LogP contribution < -0.4 is 5.32 Å². The van der Waals surface area contributed by atoms with E-state index in [1.165, 1.54) is 47.2 Å². The third-order valence-corrected chi connectivity index (χ3v) is 4.67. The van der Waals surface area contributed by atoms with Gasteiger partial charge in [-0.3, -0.25) is 19.7 Å². The number of anilines is 1. The number of aromatic nitrogens is 2. The zero-order valence-electron chi connectivity index (χ0n) is 16.8. The highest BCUT2D eigenvalue weighted by atomic mass is 16.6. The molecule has 0 aliphatic rings. The van der Waals surface area contributed by atoms with Crippen LogP contribution in [0.5, 0.6) is 0 Å². The lowest BCUT2D eigenvalue weighted by Gasteiger charge is -2.18. The number of carbonyl (C=O) groups is 2. The Kier molecular flexibility index (Phi) is 5.91. The second-order valence-electron chi connectivity index (χ2n) is 6.91. The van der Waals surface area contributed by atoms with Crippen LogP contribution in [0.2, 0.25) is 0 Å². The van der Waals surface area contributed by atoms with Crippen LogP contribution in [0.25, 0.3) is 5.69 Å². The topological polar surface area (TPSA) is 110 Å². The monoisotopic (exact) mass is 407 g/mol. The zero-order valence-corrected chi connectivity index (χ0v) is 16.8. The van der Waals surface area contributed by atoms with Crippen LogP contribution in [0.3, 0.4) is 0 Å². The summed E-state index contributed by atoms with van der Waals surface area (Å²) in [5, 5.41) is 14.3. The first-order chi connectivity index (χ1) is 14.3. The maximum absolute atomic E-state index is 12.7. The van der Waals surface area contributed by atoms with Gasteiger partial charge in [0.25, 0.3) is 11.6 Å². The highest BCUT2D eigenvalue weighted by Crippen LogP contribution is 2.25. The van der Waals surface area contributed by atoms with Crippen molar-refractivity contribution in [2.75, 3.05) is 18.9 Å². The highest BCUT2D eigenvalue weighted by Gasteiger charge is 2.22. The standard InChI is InChI=1S/C21H21N5O4/c1-14-5-4-6-15(2)20(14)23-19(27)12-24(3)21(28)16-7-8-17(18(11-16)26(29)30)25-10-9-22-13-25/h4-11,13H,12H2,1-3H3,(H,23,27). The maximum Gasteiger partial charge on any atom is 0.294 e. The van der Waals surface area contributed by atoms with E-state index >= 15 is 0 Å². The van der Waals surface area contributed by atoms with Crippen LogP contribution in [-0.4, -0.2) is 44.8 Å². The smallest absolute Gasteiger partial charge is 0.294 e. The van der Waals surface area contributed by atoms with Gasteiger partial charge in [-0.1, -0.05) is 18.2 Å². The van der Waals surface area contributed by atoms with Gasteiger partial charge in [0.05, 0.1) is 17.8 Å². The van der Waals surface area contributed by atoms with Crippen molar-refractivity contribution < 1.29 is 14.5 Å². The number of hydrogen-bond acceptors (Lipinski definition) is 5. The fraction of sp³-hybridized carbons (Fsp3) is 0.190. The van der Waals surface area contributed by atoms with Crippen molar-refractivity contribution in [1.82, 2.24) is 14.5 Å². The lowest BCUT2D eigenvalue weighted by Crippen LogP contribution is -2.35. The number of aryl methyl sites for hydroxylation is 2. The molecule has 0 unspecified atom stereocenters. The number of para-hydroxylation sites is 1. The molecule has 0 spiro atoms. The normalized spacial score (nSPS) is 10.5. The van der Waals surface area contributed by atoms with Gasteiger partial charge in [-0.15, -0.1) is 0 Å². The fourth-order valence-electron chi connectivity index (χ4n) is 3.12. The predicted molar refractivity (Wildman–Crippen MR) is 112 cm³/mol. The first kappa shape index (κ1) is 20.7. The van der Waals surface area contributed by atoms with E-state index in [9.17, 15) is 19.7 Å². The molecule has 1 aromatic heterocycles. The first-order valence-electron chi connectivity index (χ1n) is 9.16. The molecule has 0 saturated carbocycles. The number of nitro groups is 1. The molecule has 0 atom stereocenters. The number of nitrogens with zero attached hydrogens (tertiary/aromatic N) is 4. The van der Waals surface area contributed by atoms with E-state index in [0.29, 0.717) is 11.4 Å². The Morgan fingerprint density at radius 3 is 2.50 bits per heavy atom. The Balaban J connectivity index is 1.76. The van der Waals surface area contributed by atoms with Crippen LogP contribution in [0.1, 0.15) is 21.5 Å². The summed E-state index contributed by atoms with van der Waals surface area (Å²) in [6.45, 7) is 3.58. The van der Waals surface area contributed by atoms with Crippen molar-refractivity contribution in [3.63, 3.8) is 0 Å². The average Bonchev–Trinajstić information content (AvgIpc) is 3.24. The molecule has 0 saturated heterocycles. The predicted octanol–water partition coefficient (Wildman–Crippen LogP) is 3.11. The number of rotatable bonds is 6. The maximum atomic E-state index is 12.7. The third-order valence-electron chi connectivity index (χ3n) is 4.67. The number of nitro benzene ring substituents is 1. The van der Waals surface area contributed by atoms with Gasteiger partial charge in [0.15, 0.2) is 0 Å². The summed E-state index contributed by atoms with van der Waals surface area (Å²) in [6.07, 6.45) is 4.52. The van der Waals surface area contributed by atoms with E-state index in [1.54, 1.807) is 6.20 Å². The van der Waals surface area contributed by atoms with Crippen LogP contribution in [0.4, 0.5) is 11.4 Å². The molecular formula is C21H21N5O4. The second-order valence-corrected chi connectivity index (χ2v) is 6.91. The van der Waals surface area contributed by atoms with E-state index < -0.39 is 10.8 Å². The fourth-order valence-corrected chi connectivity index (χ4v) is 3.12. The van der Waals surface area contributed by atoms with Crippen molar-refractivity contribution in [3.8, 4) is 5.69 Å². The first-order valence-corrected chi connectivity index (χ1v) is 9.16. The van der Waals surface area contributed by atoms with Crippen LogP contribution in [-0.2, 0) is 4.79 Å². The number of nitrogens with one attached hydrogen (secondary N) is 1. The SMILES string of the molecule is Cc1cccc(C)c1NC(=O)CN(C)C(=O)c1ccc(-n2ccnc2)c([N+](=O)[O-])c1. The summed E-state index contributed by atoms with van der Waals surface area (Å²) in [6, 6.07) is 9.85. The molecule has 30 heavy (non-hydrogen) atoms. The van der Waals surface area contributed by atoms with E-state index in [-0.39, 0.29) is 23.7 Å².